The highest BCUT2D eigenvalue weighted by Crippen LogP contribution is 2.38. The zero-order chi connectivity index (χ0) is 30.3. The standard InChI is InChI=1S/C34H29ClN2O6/c1-3-41-30-19-25(18-29(35)31(30)43-21-24-11-9-22(2)10-12-24)17-28-32(38)36-34(40)37(33(28)39)26-13-15-27(16-14-26)42-20-23-7-5-4-6-8-23/h4-19H,3,20-21H2,1-2H3,(H,36,38,40)/b28-17+. The lowest BCUT2D eigenvalue weighted by Crippen LogP contribution is -2.54. The Labute approximate surface area is 254 Å². The number of hydrogen-bond donors (Lipinski definition) is 1. The number of halogens is 1. The number of anilines is 1. The molecule has 0 bridgehead atoms. The second kappa shape index (κ2) is 13.3. The summed E-state index contributed by atoms with van der Waals surface area (Å²) in [6, 6.07) is 26.4. The van der Waals surface area contributed by atoms with Gasteiger partial charge in [-0.2, -0.15) is 0 Å². The van der Waals surface area contributed by atoms with Gasteiger partial charge in [-0.15, -0.1) is 0 Å². The quantitative estimate of drug-likeness (QED) is 0.159. The SMILES string of the molecule is CCOc1cc(/C=C2\C(=O)NC(=O)N(c3ccc(OCc4ccccc4)cc3)C2=O)cc(Cl)c1OCc1ccc(C)cc1. The minimum absolute atomic E-state index is 0.240. The number of hydrogen-bond acceptors (Lipinski definition) is 6. The van der Waals surface area contributed by atoms with Crippen molar-refractivity contribution in [1.29, 1.82) is 0 Å². The fourth-order valence-electron chi connectivity index (χ4n) is 4.41. The van der Waals surface area contributed by atoms with E-state index in [1.165, 1.54) is 6.08 Å². The summed E-state index contributed by atoms with van der Waals surface area (Å²) in [5, 5.41) is 2.48. The van der Waals surface area contributed by atoms with Crippen molar-refractivity contribution in [2.45, 2.75) is 27.1 Å². The van der Waals surface area contributed by atoms with E-state index in [0.717, 1.165) is 21.6 Å². The Hall–Kier alpha value is -5.08. The van der Waals surface area contributed by atoms with E-state index in [1.54, 1.807) is 36.4 Å². The highest BCUT2D eigenvalue weighted by Gasteiger charge is 2.37. The molecule has 8 nitrogen and oxygen atoms in total. The van der Waals surface area contributed by atoms with E-state index in [9.17, 15) is 14.4 Å². The van der Waals surface area contributed by atoms with E-state index in [1.807, 2.05) is 68.4 Å². The van der Waals surface area contributed by atoms with Crippen LogP contribution in [-0.4, -0.2) is 24.5 Å². The van der Waals surface area contributed by atoms with Crippen LogP contribution < -0.4 is 24.4 Å². The smallest absolute Gasteiger partial charge is 0.335 e. The molecule has 0 aliphatic carbocycles. The van der Waals surface area contributed by atoms with Crippen molar-refractivity contribution in [2.75, 3.05) is 11.5 Å². The number of aryl methyl sites for hydroxylation is 1. The van der Waals surface area contributed by atoms with E-state index in [4.69, 9.17) is 25.8 Å². The van der Waals surface area contributed by atoms with Crippen LogP contribution >= 0.6 is 11.6 Å². The van der Waals surface area contributed by atoms with E-state index in [0.29, 0.717) is 36.0 Å². The van der Waals surface area contributed by atoms with Gasteiger partial charge in [0.05, 0.1) is 17.3 Å². The molecule has 1 fully saturated rings. The molecule has 1 saturated heterocycles. The molecular formula is C34H29ClN2O6. The van der Waals surface area contributed by atoms with Crippen LogP contribution in [0.3, 0.4) is 0 Å². The van der Waals surface area contributed by atoms with Gasteiger partial charge in [-0.25, -0.2) is 9.69 Å². The number of rotatable bonds is 10. The summed E-state index contributed by atoms with van der Waals surface area (Å²) in [4.78, 5) is 39.8. The van der Waals surface area contributed by atoms with Gasteiger partial charge in [-0.05, 0) is 73.0 Å². The van der Waals surface area contributed by atoms with Crippen molar-refractivity contribution < 1.29 is 28.6 Å². The van der Waals surface area contributed by atoms with Gasteiger partial charge in [0.1, 0.15) is 24.5 Å². The topological polar surface area (TPSA) is 94.2 Å². The van der Waals surface area contributed by atoms with Gasteiger partial charge in [-0.3, -0.25) is 14.9 Å². The molecule has 0 saturated carbocycles. The van der Waals surface area contributed by atoms with Gasteiger partial charge in [0.2, 0.25) is 0 Å². The number of ether oxygens (including phenoxy) is 3. The Morgan fingerprint density at radius 3 is 2.19 bits per heavy atom. The third kappa shape index (κ3) is 7.05. The number of benzene rings is 4. The molecule has 4 aromatic rings. The maximum absolute atomic E-state index is 13.4. The predicted octanol–water partition coefficient (Wildman–Crippen LogP) is 6.87. The van der Waals surface area contributed by atoms with Crippen LogP contribution in [-0.2, 0) is 22.8 Å². The predicted molar refractivity (Wildman–Crippen MR) is 164 cm³/mol. The molecule has 1 heterocycles. The number of carbonyl (C=O) groups excluding carboxylic acids is 3. The molecule has 1 aliphatic rings. The molecule has 0 spiro atoms. The van der Waals surface area contributed by atoms with Crippen LogP contribution in [0.2, 0.25) is 5.02 Å². The zero-order valence-electron chi connectivity index (χ0n) is 23.6. The fraction of sp³-hybridized carbons (Fsp3) is 0.147. The summed E-state index contributed by atoms with van der Waals surface area (Å²) in [6.07, 6.45) is 1.37. The zero-order valence-corrected chi connectivity index (χ0v) is 24.4. The molecule has 0 aromatic heterocycles. The lowest BCUT2D eigenvalue weighted by molar-refractivity contribution is -0.122. The molecule has 5 rings (SSSR count). The van der Waals surface area contributed by atoms with Gasteiger partial charge in [0.15, 0.2) is 11.5 Å². The van der Waals surface area contributed by atoms with Crippen LogP contribution in [0.25, 0.3) is 6.08 Å². The molecule has 1 aliphatic heterocycles. The lowest BCUT2D eigenvalue weighted by atomic mass is 10.1. The highest BCUT2D eigenvalue weighted by atomic mass is 35.5. The molecular weight excluding hydrogens is 568 g/mol. The van der Waals surface area contributed by atoms with E-state index in [-0.39, 0.29) is 22.9 Å². The third-order valence-corrected chi connectivity index (χ3v) is 6.87. The summed E-state index contributed by atoms with van der Waals surface area (Å²) < 4.78 is 17.6. The average Bonchev–Trinajstić information content (AvgIpc) is 3.00. The van der Waals surface area contributed by atoms with Crippen molar-refractivity contribution in [1.82, 2.24) is 5.32 Å². The van der Waals surface area contributed by atoms with Crippen LogP contribution in [0, 0.1) is 6.92 Å². The molecule has 1 N–H and O–H groups in total. The largest absolute Gasteiger partial charge is 0.490 e. The van der Waals surface area contributed by atoms with E-state index >= 15 is 0 Å². The first-order valence-corrected chi connectivity index (χ1v) is 14.0. The van der Waals surface area contributed by atoms with Crippen LogP contribution in [0.1, 0.15) is 29.2 Å². The van der Waals surface area contributed by atoms with Crippen LogP contribution in [0.5, 0.6) is 17.2 Å². The first kappa shape index (κ1) is 29.4. The van der Waals surface area contributed by atoms with Gasteiger partial charge >= 0.3 is 6.03 Å². The maximum atomic E-state index is 13.4. The van der Waals surface area contributed by atoms with Gasteiger partial charge in [0.25, 0.3) is 11.8 Å². The second-order valence-electron chi connectivity index (χ2n) is 9.76. The number of urea groups is 1. The first-order valence-electron chi connectivity index (χ1n) is 13.7. The Bertz CT molecular complexity index is 1670. The molecule has 4 aromatic carbocycles. The molecule has 0 unspecified atom stereocenters. The molecule has 9 heteroatoms. The van der Waals surface area contributed by atoms with Crippen molar-refractivity contribution in [3.8, 4) is 17.2 Å². The molecule has 218 valence electrons. The summed E-state index contributed by atoms with van der Waals surface area (Å²) >= 11 is 6.58. The first-order chi connectivity index (χ1) is 20.8. The van der Waals surface area contributed by atoms with Gasteiger partial charge in [0, 0.05) is 0 Å². The number of nitrogens with one attached hydrogen (secondary N) is 1. The number of carbonyl (C=O) groups is 3. The second-order valence-corrected chi connectivity index (χ2v) is 10.2. The lowest BCUT2D eigenvalue weighted by Gasteiger charge is -2.26. The van der Waals surface area contributed by atoms with E-state index < -0.39 is 17.8 Å². The van der Waals surface area contributed by atoms with Gasteiger partial charge < -0.3 is 14.2 Å². The number of imide groups is 2. The molecule has 43 heavy (non-hydrogen) atoms. The minimum atomic E-state index is -0.849. The number of nitrogens with zero attached hydrogens (tertiary/aromatic N) is 1. The number of barbiturate groups is 1. The summed E-state index contributed by atoms with van der Waals surface area (Å²) in [6.45, 7) is 4.81. The fourth-order valence-corrected chi connectivity index (χ4v) is 4.68. The molecule has 0 radical (unpaired) electrons. The van der Waals surface area contributed by atoms with Crippen molar-refractivity contribution in [3.63, 3.8) is 0 Å². The summed E-state index contributed by atoms with van der Waals surface area (Å²) in [7, 11) is 0. The van der Waals surface area contributed by atoms with Crippen molar-refractivity contribution >= 4 is 41.2 Å². The Morgan fingerprint density at radius 1 is 0.814 bits per heavy atom. The summed E-state index contributed by atoms with van der Waals surface area (Å²) in [5.41, 5.74) is 3.56. The van der Waals surface area contributed by atoms with Crippen LogP contribution in [0.4, 0.5) is 10.5 Å². The monoisotopic (exact) mass is 596 g/mol. The highest BCUT2D eigenvalue weighted by molar-refractivity contribution is 6.39. The Kier molecular flexibility index (Phi) is 9.08. The summed E-state index contributed by atoms with van der Waals surface area (Å²) in [5.74, 6) is -0.330. The normalized spacial score (nSPS) is 14.1. The Morgan fingerprint density at radius 2 is 1.49 bits per heavy atom. The van der Waals surface area contributed by atoms with Crippen molar-refractivity contribution in [3.05, 3.63) is 124 Å². The Balaban J connectivity index is 1.36. The molecule has 0 atom stereocenters. The third-order valence-electron chi connectivity index (χ3n) is 6.59. The van der Waals surface area contributed by atoms with Crippen LogP contribution in [0.15, 0.2) is 96.6 Å². The maximum Gasteiger partial charge on any atom is 0.335 e. The van der Waals surface area contributed by atoms with E-state index in [2.05, 4.69) is 5.32 Å². The average molecular weight is 597 g/mol. The van der Waals surface area contributed by atoms with Crippen molar-refractivity contribution in [2.24, 2.45) is 0 Å². The van der Waals surface area contributed by atoms with Gasteiger partial charge in [-0.1, -0.05) is 71.8 Å². The number of amides is 4. The molecule has 4 amide bonds. The minimum Gasteiger partial charge on any atom is -0.490 e.